The van der Waals surface area contributed by atoms with E-state index in [0.29, 0.717) is 17.5 Å². The minimum atomic E-state index is 0.650. The van der Waals surface area contributed by atoms with Gasteiger partial charge in [-0.1, -0.05) is 146 Å². The van der Waals surface area contributed by atoms with Crippen molar-refractivity contribution in [3.05, 3.63) is 170 Å². The van der Waals surface area contributed by atoms with Crippen molar-refractivity contribution < 1.29 is 0 Å². The Morgan fingerprint density at radius 2 is 0.826 bits per heavy atom. The Morgan fingerprint density at radius 3 is 1.41 bits per heavy atom. The molecule has 0 fully saturated rings. The first-order chi connectivity index (χ1) is 22.8. The van der Waals surface area contributed by atoms with E-state index in [2.05, 4.69) is 96.0 Å². The molecule has 8 rings (SSSR count). The summed E-state index contributed by atoms with van der Waals surface area (Å²) in [5.74, 6) is 1.97. The topological polar surface area (TPSA) is 51.6 Å². The van der Waals surface area contributed by atoms with Crippen molar-refractivity contribution in [2.45, 2.75) is 0 Å². The number of rotatable bonds is 6. The molecule has 0 aliphatic heterocycles. The van der Waals surface area contributed by atoms with Crippen LogP contribution in [0, 0.1) is 0 Å². The van der Waals surface area contributed by atoms with Crippen LogP contribution in [0.4, 0.5) is 0 Å². The molecule has 0 aliphatic rings. The van der Waals surface area contributed by atoms with Gasteiger partial charge < -0.3 is 0 Å². The molecular weight excluding hydrogens is 560 g/mol. The zero-order valence-electron chi connectivity index (χ0n) is 25.0. The van der Waals surface area contributed by atoms with Crippen LogP contribution in [0.15, 0.2) is 170 Å². The second-order valence-electron chi connectivity index (χ2n) is 11.2. The predicted molar refractivity (Wildman–Crippen MR) is 188 cm³/mol. The van der Waals surface area contributed by atoms with Crippen LogP contribution in [-0.4, -0.2) is 19.9 Å². The van der Waals surface area contributed by atoms with Crippen LogP contribution in [0.25, 0.3) is 78.3 Å². The van der Waals surface area contributed by atoms with Crippen molar-refractivity contribution >= 4 is 10.8 Å². The summed E-state index contributed by atoms with van der Waals surface area (Å²) < 4.78 is 0. The van der Waals surface area contributed by atoms with E-state index < -0.39 is 0 Å². The van der Waals surface area contributed by atoms with Gasteiger partial charge in [-0.15, -0.1) is 0 Å². The minimum absolute atomic E-state index is 0.650. The highest BCUT2D eigenvalue weighted by atomic mass is 15.0. The number of benzene rings is 6. The first-order valence-electron chi connectivity index (χ1n) is 15.3. The Bertz CT molecular complexity index is 2210. The van der Waals surface area contributed by atoms with Crippen molar-refractivity contribution in [3.8, 4) is 67.5 Å². The third-order valence-corrected chi connectivity index (χ3v) is 8.25. The largest absolute Gasteiger partial charge is 0.264 e. The molecule has 0 unspecified atom stereocenters. The fourth-order valence-corrected chi connectivity index (χ4v) is 5.84. The highest BCUT2D eigenvalue weighted by molar-refractivity contribution is 5.99. The summed E-state index contributed by atoms with van der Waals surface area (Å²) in [5, 5.41) is 2.43. The molecule has 216 valence electrons. The van der Waals surface area contributed by atoms with Crippen LogP contribution in [-0.2, 0) is 0 Å². The van der Waals surface area contributed by atoms with Gasteiger partial charge >= 0.3 is 0 Å². The second-order valence-corrected chi connectivity index (χ2v) is 11.2. The molecule has 0 N–H and O–H groups in total. The van der Waals surface area contributed by atoms with E-state index in [0.717, 1.165) is 38.9 Å². The van der Waals surface area contributed by atoms with E-state index >= 15 is 0 Å². The average molecular weight is 589 g/mol. The van der Waals surface area contributed by atoms with Gasteiger partial charge in [-0.3, -0.25) is 4.98 Å². The summed E-state index contributed by atoms with van der Waals surface area (Å²) in [6.07, 6.45) is 3.70. The van der Waals surface area contributed by atoms with Gasteiger partial charge in [-0.05, 0) is 56.3 Å². The van der Waals surface area contributed by atoms with Crippen molar-refractivity contribution in [2.24, 2.45) is 0 Å². The van der Waals surface area contributed by atoms with Crippen molar-refractivity contribution in [2.75, 3.05) is 0 Å². The third-order valence-electron chi connectivity index (χ3n) is 8.25. The fourth-order valence-electron chi connectivity index (χ4n) is 5.84. The lowest BCUT2D eigenvalue weighted by Gasteiger charge is -2.11. The Labute approximate surface area is 267 Å². The van der Waals surface area contributed by atoms with Gasteiger partial charge in [0.1, 0.15) is 0 Å². The predicted octanol–water partition coefficient (Wildman–Crippen LogP) is 10.4. The average Bonchev–Trinajstić information content (AvgIpc) is 3.15. The zero-order chi connectivity index (χ0) is 30.7. The maximum absolute atomic E-state index is 4.88. The monoisotopic (exact) mass is 588 g/mol. The highest BCUT2D eigenvalue weighted by Gasteiger charge is 2.13. The van der Waals surface area contributed by atoms with Crippen molar-refractivity contribution in [1.29, 1.82) is 0 Å². The number of fused-ring (bicyclic) bond motifs is 1. The molecule has 2 heterocycles. The molecule has 8 aromatic rings. The van der Waals surface area contributed by atoms with Gasteiger partial charge in [-0.25, -0.2) is 15.0 Å². The van der Waals surface area contributed by atoms with E-state index in [1.165, 1.54) is 21.9 Å². The molecule has 2 aromatic heterocycles. The fraction of sp³-hybridized carbons (Fsp3) is 0. The molecule has 6 aromatic carbocycles. The Morgan fingerprint density at radius 1 is 0.326 bits per heavy atom. The minimum Gasteiger partial charge on any atom is -0.264 e. The standard InChI is InChI=1S/C42H28N4/c1-3-9-32(10-4-1)40-44-41(33-11-5-2-6-12-33)46-42(45-40)34-22-18-29(19-23-34)35-24-25-39-36(27-35)13-7-15-38(39)31-20-16-30(17-21-31)37-14-8-26-43-28-37/h1-28H. The van der Waals surface area contributed by atoms with Crippen LogP contribution in [0.2, 0.25) is 0 Å². The molecule has 0 bridgehead atoms. The third kappa shape index (κ3) is 5.44. The summed E-state index contributed by atoms with van der Waals surface area (Å²) in [6.45, 7) is 0. The quantitative estimate of drug-likeness (QED) is 0.194. The van der Waals surface area contributed by atoms with Gasteiger partial charge in [-0.2, -0.15) is 0 Å². The Kier molecular flexibility index (Phi) is 7.14. The van der Waals surface area contributed by atoms with E-state index in [4.69, 9.17) is 15.0 Å². The molecule has 0 spiro atoms. The first-order valence-corrected chi connectivity index (χ1v) is 15.3. The molecule has 0 atom stereocenters. The molecule has 4 nitrogen and oxygen atoms in total. The lowest BCUT2D eigenvalue weighted by Crippen LogP contribution is -2.00. The van der Waals surface area contributed by atoms with Gasteiger partial charge in [0.2, 0.25) is 0 Å². The maximum Gasteiger partial charge on any atom is 0.164 e. The molecule has 0 radical (unpaired) electrons. The number of pyridine rings is 1. The highest BCUT2D eigenvalue weighted by Crippen LogP contribution is 2.34. The maximum atomic E-state index is 4.88. The molecule has 0 aliphatic carbocycles. The van der Waals surface area contributed by atoms with Gasteiger partial charge in [0.05, 0.1) is 0 Å². The van der Waals surface area contributed by atoms with Crippen LogP contribution in [0.5, 0.6) is 0 Å². The number of aromatic nitrogens is 4. The molecule has 46 heavy (non-hydrogen) atoms. The molecule has 0 saturated heterocycles. The number of nitrogens with zero attached hydrogens (tertiary/aromatic N) is 4. The lowest BCUT2D eigenvalue weighted by atomic mass is 9.94. The van der Waals surface area contributed by atoms with Crippen LogP contribution in [0.3, 0.4) is 0 Å². The Balaban J connectivity index is 1.11. The summed E-state index contributed by atoms with van der Waals surface area (Å²) in [6, 6.07) is 54.6. The first kappa shape index (κ1) is 27.3. The van der Waals surface area contributed by atoms with E-state index in [-0.39, 0.29) is 0 Å². The summed E-state index contributed by atoms with van der Waals surface area (Å²) in [4.78, 5) is 18.8. The van der Waals surface area contributed by atoms with Crippen LogP contribution in [0.1, 0.15) is 0 Å². The van der Waals surface area contributed by atoms with Gasteiger partial charge in [0.25, 0.3) is 0 Å². The van der Waals surface area contributed by atoms with Crippen LogP contribution >= 0.6 is 0 Å². The summed E-state index contributed by atoms with van der Waals surface area (Å²) in [5.41, 5.74) is 9.84. The Hall–Kier alpha value is -6.26. The van der Waals surface area contributed by atoms with Crippen LogP contribution < -0.4 is 0 Å². The SMILES string of the molecule is c1ccc(-c2nc(-c3ccccc3)nc(-c3ccc(-c4ccc5c(-c6ccc(-c7cccnc7)cc6)cccc5c4)cc3)n2)cc1. The number of hydrogen-bond acceptors (Lipinski definition) is 4. The molecule has 0 amide bonds. The molecule has 0 saturated carbocycles. The van der Waals surface area contributed by atoms with Crippen molar-refractivity contribution in [1.82, 2.24) is 19.9 Å². The lowest BCUT2D eigenvalue weighted by molar-refractivity contribution is 1.07. The normalized spacial score (nSPS) is 11.0. The van der Waals surface area contributed by atoms with E-state index in [9.17, 15) is 0 Å². The molecule has 4 heteroatoms. The van der Waals surface area contributed by atoms with Gasteiger partial charge in [0.15, 0.2) is 17.5 Å². The smallest absolute Gasteiger partial charge is 0.164 e. The van der Waals surface area contributed by atoms with E-state index in [1.807, 2.05) is 72.9 Å². The second kappa shape index (κ2) is 12.0. The van der Waals surface area contributed by atoms with Crippen molar-refractivity contribution in [3.63, 3.8) is 0 Å². The zero-order valence-corrected chi connectivity index (χ0v) is 25.0. The van der Waals surface area contributed by atoms with E-state index in [1.54, 1.807) is 6.20 Å². The summed E-state index contributed by atoms with van der Waals surface area (Å²) in [7, 11) is 0. The van der Waals surface area contributed by atoms with Gasteiger partial charge in [0, 0.05) is 29.1 Å². The number of hydrogen-bond donors (Lipinski definition) is 0. The summed E-state index contributed by atoms with van der Waals surface area (Å²) >= 11 is 0. The molecular formula is C42H28N4.